The molecule has 1 unspecified atom stereocenters. The highest BCUT2D eigenvalue weighted by Crippen LogP contribution is 2.01. The lowest BCUT2D eigenvalue weighted by atomic mass is 10.2. The van der Waals surface area contributed by atoms with Crippen LogP contribution in [0.5, 0.6) is 0 Å². The molecule has 0 rings (SSSR count). The molecule has 6 nitrogen and oxygen atoms in total. The van der Waals surface area contributed by atoms with Crippen LogP contribution < -0.4 is 4.72 Å². The third kappa shape index (κ3) is 7.29. The van der Waals surface area contributed by atoms with Gasteiger partial charge in [-0.15, -0.1) is 0 Å². The minimum Gasteiger partial charge on any atom is -0.479 e. The van der Waals surface area contributed by atoms with Crippen molar-refractivity contribution < 1.29 is 23.4 Å². The maximum absolute atomic E-state index is 11.2. The van der Waals surface area contributed by atoms with Gasteiger partial charge in [0.05, 0.1) is 5.75 Å². The molecule has 0 saturated heterocycles. The van der Waals surface area contributed by atoms with E-state index in [0.29, 0.717) is 6.42 Å². The molecule has 0 aromatic rings. The van der Waals surface area contributed by atoms with Crippen LogP contribution in [0.15, 0.2) is 0 Å². The van der Waals surface area contributed by atoms with Crippen LogP contribution in [0.3, 0.4) is 0 Å². The molecule has 0 spiro atoms. The van der Waals surface area contributed by atoms with E-state index in [0.717, 1.165) is 0 Å². The summed E-state index contributed by atoms with van der Waals surface area (Å²) in [6.45, 7) is 3.29. The van der Waals surface area contributed by atoms with Gasteiger partial charge in [0.25, 0.3) is 0 Å². The van der Waals surface area contributed by atoms with E-state index in [1.165, 1.54) is 0 Å². The number of carboxylic acids is 1. The van der Waals surface area contributed by atoms with Gasteiger partial charge in [-0.2, -0.15) is 0 Å². The number of nitrogens with one attached hydrogen (secondary N) is 1. The highest BCUT2D eigenvalue weighted by Gasteiger charge is 2.17. The van der Waals surface area contributed by atoms with E-state index in [1.54, 1.807) is 0 Å². The molecule has 1 atom stereocenters. The zero-order valence-corrected chi connectivity index (χ0v) is 9.62. The van der Waals surface area contributed by atoms with E-state index >= 15 is 0 Å². The summed E-state index contributed by atoms with van der Waals surface area (Å²) >= 11 is 0. The number of carboxylic acid groups (broad SMARTS) is 1. The molecule has 0 fully saturated rings. The molecule has 0 heterocycles. The fourth-order valence-electron chi connectivity index (χ4n) is 0.756. The SMILES string of the molecule is CC(C)CCS(=O)(=O)NCC(O)C(=O)O. The summed E-state index contributed by atoms with van der Waals surface area (Å²) in [6, 6.07) is 0. The molecular formula is C8H17NO5S. The van der Waals surface area contributed by atoms with Gasteiger partial charge in [-0.3, -0.25) is 0 Å². The lowest BCUT2D eigenvalue weighted by Gasteiger charge is -2.09. The van der Waals surface area contributed by atoms with Crippen molar-refractivity contribution in [3.63, 3.8) is 0 Å². The molecule has 0 saturated carbocycles. The molecule has 90 valence electrons. The van der Waals surface area contributed by atoms with Crippen LogP contribution in [-0.2, 0) is 14.8 Å². The summed E-state index contributed by atoms with van der Waals surface area (Å²) < 4.78 is 24.5. The second-order valence-corrected chi connectivity index (χ2v) is 5.63. The Morgan fingerprint density at radius 2 is 1.93 bits per heavy atom. The number of aliphatic hydroxyl groups is 1. The Bertz CT molecular complexity index is 298. The van der Waals surface area contributed by atoms with E-state index < -0.39 is 28.6 Å². The summed E-state index contributed by atoms with van der Waals surface area (Å²) in [7, 11) is -3.48. The zero-order chi connectivity index (χ0) is 12.1. The molecule has 0 bridgehead atoms. The molecule has 0 aliphatic carbocycles. The Morgan fingerprint density at radius 3 is 2.33 bits per heavy atom. The minimum absolute atomic E-state index is 0.0585. The molecular weight excluding hydrogens is 222 g/mol. The summed E-state index contributed by atoms with van der Waals surface area (Å²) in [5, 5.41) is 17.2. The van der Waals surface area contributed by atoms with E-state index in [1.807, 2.05) is 18.6 Å². The van der Waals surface area contributed by atoms with Crippen LogP contribution in [0, 0.1) is 5.92 Å². The van der Waals surface area contributed by atoms with Crippen molar-refractivity contribution in [3.05, 3.63) is 0 Å². The summed E-state index contributed by atoms with van der Waals surface area (Å²) in [5.41, 5.74) is 0. The van der Waals surface area contributed by atoms with Crippen molar-refractivity contribution in [1.82, 2.24) is 4.72 Å². The summed E-state index contributed by atoms with van der Waals surface area (Å²) in [5.74, 6) is -1.25. The smallest absolute Gasteiger partial charge is 0.333 e. The number of rotatable bonds is 7. The molecule has 15 heavy (non-hydrogen) atoms. The number of carbonyl (C=O) groups is 1. The van der Waals surface area contributed by atoms with Gasteiger partial charge in [0.15, 0.2) is 6.10 Å². The Kier molecular flexibility index (Phi) is 5.77. The molecule has 0 amide bonds. The highest BCUT2D eigenvalue weighted by molar-refractivity contribution is 7.89. The van der Waals surface area contributed by atoms with Crippen LogP contribution in [-0.4, -0.2) is 43.0 Å². The van der Waals surface area contributed by atoms with Crippen molar-refractivity contribution in [1.29, 1.82) is 0 Å². The number of aliphatic hydroxyl groups excluding tert-OH is 1. The highest BCUT2D eigenvalue weighted by atomic mass is 32.2. The van der Waals surface area contributed by atoms with E-state index in [9.17, 15) is 13.2 Å². The number of hydrogen-bond acceptors (Lipinski definition) is 4. The predicted octanol–water partition coefficient (Wildman–Crippen LogP) is -0.603. The van der Waals surface area contributed by atoms with Gasteiger partial charge in [-0.1, -0.05) is 13.8 Å². The van der Waals surface area contributed by atoms with Crippen LogP contribution in [0.25, 0.3) is 0 Å². The first-order valence-electron chi connectivity index (χ1n) is 4.63. The van der Waals surface area contributed by atoms with Crippen LogP contribution in [0.2, 0.25) is 0 Å². The van der Waals surface area contributed by atoms with Gasteiger partial charge in [0.1, 0.15) is 0 Å². The molecule has 0 radical (unpaired) electrons. The summed E-state index contributed by atoms with van der Waals surface area (Å²) in [4.78, 5) is 10.2. The van der Waals surface area contributed by atoms with Crippen LogP contribution in [0.1, 0.15) is 20.3 Å². The Morgan fingerprint density at radius 1 is 1.40 bits per heavy atom. The average Bonchev–Trinajstić information content (AvgIpc) is 2.11. The van der Waals surface area contributed by atoms with Gasteiger partial charge in [-0.05, 0) is 12.3 Å². The normalized spacial score (nSPS) is 14.1. The first-order chi connectivity index (χ1) is 6.74. The van der Waals surface area contributed by atoms with E-state index in [2.05, 4.69) is 0 Å². The average molecular weight is 239 g/mol. The van der Waals surface area contributed by atoms with Crippen molar-refractivity contribution in [2.75, 3.05) is 12.3 Å². The van der Waals surface area contributed by atoms with Gasteiger partial charge < -0.3 is 10.2 Å². The van der Waals surface area contributed by atoms with Gasteiger partial charge in [0.2, 0.25) is 10.0 Å². The van der Waals surface area contributed by atoms with Gasteiger partial charge >= 0.3 is 5.97 Å². The third-order valence-corrected chi connectivity index (χ3v) is 3.13. The first-order valence-corrected chi connectivity index (χ1v) is 6.28. The second kappa shape index (κ2) is 6.04. The van der Waals surface area contributed by atoms with E-state index in [-0.39, 0.29) is 11.7 Å². The first kappa shape index (κ1) is 14.3. The quantitative estimate of drug-likeness (QED) is 0.550. The minimum atomic E-state index is -3.48. The van der Waals surface area contributed by atoms with Crippen LogP contribution >= 0.6 is 0 Å². The Labute approximate surface area is 89.4 Å². The molecule has 0 aromatic heterocycles. The van der Waals surface area contributed by atoms with E-state index in [4.69, 9.17) is 10.2 Å². The number of aliphatic carboxylic acids is 1. The molecule has 0 aliphatic rings. The Hall–Kier alpha value is -0.660. The molecule has 7 heteroatoms. The van der Waals surface area contributed by atoms with Gasteiger partial charge in [0, 0.05) is 6.54 Å². The molecule has 0 aliphatic heterocycles. The largest absolute Gasteiger partial charge is 0.479 e. The second-order valence-electron chi connectivity index (χ2n) is 3.70. The monoisotopic (exact) mass is 239 g/mol. The number of hydrogen-bond donors (Lipinski definition) is 3. The topological polar surface area (TPSA) is 104 Å². The fourth-order valence-corrected chi connectivity index (χ4v) is 2.09. The molecule has 0 aromatic carbocycles. The maximum atomic E-state index is 11.2. The number of sulfonamides is 1. The van der Waals surface area contributed by atoms with Crippen LogP contribution in [0.4, 0.5) is 0 Å². The van der Waals surface area contributed by atoms with Crippen molar-refractivity contribution in [3.8, 4) is 0 Å². The molecule has 3 N–H and O–H groups in total. The third-order valence-electron chi connectivity index (χ3n) is 1.75. The zero-order valence-electron chi connectivity index (χ0n) is 8.80. The van der Waals surface area contributed by atoms with Crippen molar-refractivity contribution in [2.45, 2.75) is 26.4 Å². The maximum Gasteiger partial charge on any atom is 0.333 e. The summed E-state index contributed by atoms with van der Waals surface area (Å²) in [6.07, 6.45) is -1.20. The van der Waals surface area contributed by atoms with Gasteiger partial charge in [-0.25, -0.2) is 17.9 Å². The Balaban J connectivity index is 4.00. The van der Waals surface area contributed by atoms with Crippen molar-refractivity contribution >= 4 is 16.0 Å². The standard InChI is InChI=1S/C8H17NO5S/c1-6(2)3-4-15(13,14)9-5-7(10)8(11)12/h6-7,9-10H,3-5H2,1-2H3,(H,11,12). The lowest BCUT2D eigenvalue weighted by molar-refractivity contribution is -0.146. The van der Waals surface area contributed by atoms with Crippen molar-refractivity contribution in [2.24, 2.45) is 5.92 Å². The predicted molar refractivity (Wildman–Crippen MR) is 54.9 cm³/mol. The lowest BCUT2D eigenvalue weighted by Crippen LogP contribution is -2.37. The fraction of sp³-hybridized carbons (Fsp3) is 0.875.